The lowest BCUT2D eigenvalue weighted by atomic mass is 10.4. The summed E-state index contributed by atoms with van der Waals surface area (Å²) >= 11 is 1.38. The van der Waals surface area contributed by atoms with Crippen LogP contribution in [-0.2, 0) is 16.1 Å². The Labute approximate surface area is 103 Å². The van der Waals surface area contributed by atoms with E-state index < -0.39 is 0 Å². The second kappa shape index (κ2) is 5.22. The average Bonchev–Trinajstić information content (AvgIpc) is 2.88. The van der Waals surface area contributed by atoms with Crippen LogP contribution >= 0.6 is 11.3 Å². The van der Waals surface area contributed by atoms with Gasteiger partial charge >= 0.3 is 0 Å². The van der Waals surface area contributed by atoms with Crippen LogP contribution in [0.25, 0.3) is 0 Å². The van der Waals surface area contributed by atoms with Crippen LogP contribution in [-0.4, -0.2) is 33.5 Å². The van der Waals surface area contributed by atoms with Gasteiger partial charge in [-0.1, -0.05) is 18.3 Å². The van der Waals surface area contributed by atoms with Crippen LogP contribution in [0.5, 0.6) is 0 Å². The van der Waals surface area contributed by atoms with Crippen molar-refractivity contribution in [3.63, 3.8) is 0 Å². The molecule has 0 aromatic carbocycles. The van der Waals surface area contributed by atoms with Gasteiger partial charge in [0.1, 0.15) is 5.01 Å². The number of aromatic nitrogens is 2. The van der Waals surface area contributed by atoms with E-state index in [-0.39, 0.29) is 18.4 Å². The minimum absolute atomic E-state index is 0.117. The molecule has 7 heteroatoms. The van der Waals surface area contributed by atoms with Crippen molar-refractivity contribution in [1.82, 2.24) is 15.1 Å². The van der Waals surface area contributed by atoms with Gasteiger partial charge in [0.2, 0.25) is 16.9 Å². The summed E-state index contributed by atoms with van der Waals surface area (Å²) in [5.74, 6) is -0.235. The van der Waals surface area contributed by atoms with Gasteiger partial charge in [-0.25, -0.2) is 0 Å². The van der Waals surface area contributed by atoms with Crippen molar-refractivity contribution >= 4 is 28.3 Å². The van der Waals surface area contributed by atoms with Gasteiger partial charge in [-0.2, -0.15) is 0 Å². The minimum atomic E-state index is -0.117. The lowest BCUT2D eigenvalue weighted by Gasteiger charge is -2.10. The fourth-order valence-electron chi connectivity index (χ4n) is 1.56. The molecular weight excluding hydrogens is 240 g/mol. The van der Waals surface area contributed by atoms with Crippen molar-refractivity contribution in [2.45, 2.75) is 32.7 Å². The van der Waals surface area contributed by atoms with Crippen LogP contribution in [0.15, 0.2) is 0 Å². The molecule has 6 nitrogen and oxygen atoms in total. The molecule has 0 bridgehead atoms. The van der Waals surface area contributed by atoms with Crippen molar-refractivity contribution in [2.24, 2.45) is 0 Å². The third-order valence-electron chi connectivity index (χ3n) is 2.44. The van der Waals surface area contributed by atoms with E-state index in [0.717, 1.165) is 18.1 Å². The SMILES string of the molecule is CCCNc1nnc(CN2C(=O)CCC2=O)s1. The van der Waals surface area contributed by atoms with E-state index in [0.29, 0.717) is 17.8 Å². The number of nitrogens with one attached hydrogen (secondary N) is 1. The molecule has 0 unspecified atom stereocenters. The molecule has 1 aromatic rings. The number of rotatable bonds is 5. The largest absolute Gasteiger partial charge is 0.360 e. The summed E-state index contributed by atoms with van der Waals surface area (Å²) in [5, 5.41) is 12.5. The highest BCUT2D eigenvalue weighted by molar-refractivity contribution is 7.15. The standard InChI is InChI=1S/C10H14N4O2S/c1-2-5-11-10-13-12-7(17-10)6-14-8(15)3-4-9(14)16/h2-6H2,1H3,(H,11,13). The first-order chi connectivity index (χ1) is 8.20. The van der Waals surface area contributed by atoms with Gasteiger partial charge in [-0.3, -0.25) is 14.5 Å². The smallest absolute Gasteiger partial charge is 0.230 e. The number of likely N-dealkylation sites (tertiary alicyclic amines) is 1. The minimum Gasteiger partial charge on any atom is -0.360 e. The van der Waals surface area contributed by atoms with Crippen LogP contribution in [0.2, 0.25) is 0 Å². The first-order valence-electron chi connectivity index (χ1n) is 5.60. The molecule has 0 aliphatic carbocycles. The zero-order chi connectivity index (χ0) is 12.3. The number of nitrogens with zero attached hydrogens (tertiary/aromatic N) is 3. The number of amides is 2. The molecule has 2 rings (SSSR count). The highest BCUT2D eigenvalue weighted by Crippen LogP contribution is 2.20. The van der Waals surface area contributed by atoms with Crippen LogP contribution < -0.4 is 5.32 Å². The van der Waals surface area contributed by atoms with Crippen LogP contribution in [0.3, 0.4) is 0 Å². The van der Waals surface area contributed by atoms with E-state index >= 15 is 0 Å². The Morgan fingerprint density at radius 2 is 2.00 bits per heavy atom. The van der Waals surface area contributed by atoms with Gasteiger partial charge in [-0.05, 0) is 6.42 Å². The Morgan fingerprint density at radius 3 is 2.65 bits per heavy atom. The first kappa shape index (κ1) is 12.0. The lowest BCUT2D eigenvalue weighted by Crippen LogP contribution is -2.28. The molecule has 0 atom stereocenters. The van der Waals surface area contributed by atoms with E-state index in [4.69, 9.17) is 0 Å². The zero-order valence-electron chi connectivity index (χ0n) is 9.60. The van der Waals surface area contributed by atoms with E-state index in [2.05, 4.69) is 22.4 Å². The summed E-state index contributed by atoms with van der Waals surface area (Å²) in [4.78, 5) is 24.1. The molecule has 1 fully saturated rings. The number of carbonyl (C=O) groups is 2. The Morgan fingerprint density at radius 1 is 1.29 bits per heavy atom. The maximum atomic E-state index is 11.4. The third-order valence-corrected chi connectivity index (χ3v) is 3.31. The van der Waals surface area contributed by atoms with Crippen LogP contribution in [0.1, 0.15) is 31.2 Å². The van der Waals surface area contributed by atoms with Gasteiger partial charge < -0.3 is 5.32 Å². The second-order valence-electron chi connectivity index (χ2n) is 3.80. The zero-order valence-corrected chi connectivity index (χ0v) is 10.4. The number of hydrogen-bond acceptors (Lipinski definition) is 6. The molecule has 1 aromatic heterocycles. The predicted molar refractivity (Wildman–Crippen MR) is 63.5 cm³/mol. The summed E-state index contributed by atoms with van der Waals surface area (Å²) in [6.45, 7) is 3.16. The van der Waals surface area contributed by atoms with Crippen molar-refractivity contribution in [2.75, 3.05) is 11.9 Å². The monoisotopic (exact) mass is 254 g/mol. The fraction of sp³-hybridized carbons (Fsp3) is 0.600. The molecule has 2 amide bonds. The topological polar surface area (TPSA) is 75.2 Å². The number of hydrogen-bond donors (Lipinski definition) is 1. The average molecular weight is 254 g/mol. The Kier molecular flexibility index (Phi) is 3.68. The highest BCUT2D eigenvalue weighted by atomic mass is 32.1. The normalized spacial score (nSPS) is 15.7. The number of imide groups is 1. The molecule has 2 heterocycles. The van der Waals surface area contributed by atoms with Crippen molar-refractivity contribution in [1.29, 1.82) is 0 Å². The van der Waals surface area contributed by atoms with Crippen LogP contribution in [0, 0.1) is 0 Å². The van der Waals surface area contributed by atoms with Gasteiger partial charge in [-0.15, -0.1) is 10.2 Å². The summed E-state index contributed by atoms with van der Waals surface area (Å²) in [7, 11) is 0. The van der Waals surface area contributed by atoms with Gasteiger partial charge in [0.15, 0.2) is 0 Å². The van der Waals surface area contributed by atoms with E-state index in [1.165, 1.54) is 16.2 Å². The van der Waals surface area contributed by atoms with Gasteiger partial charge in [0.05, 0.1) is 6.54 Å². The molecule has 17 heavy (non-hydrogen) atoms. The quantitative estimate of drug-likeness (QED) is 0.794. The molecule has 0 spiro atoms. The lowest BCUT2D eigenvalue weighted by molar-refractivity contribution is -0.139. The summed E-state index contributed by atoms with van der Waals surface area (Å²) < 4.78 is 0. The number of anilines is 1. The van der Waals surface area contributed by atoms with Crippen LogP contribution in [0.4, 0.5) is 5.13 Å². The predicted octanol–water partition coefficient (Wildman–Crippen LogP) is 1.01. The molecule has 1 saturated heterocycles. The maximum absolute atomic E-state index is 11.4. The molecule has 1 aliphatic heterocycles. The van der Waals surface area contributed by atoms with Gasteiger partial charge in [0, 0.05) is 19.4 Å². The second-order valence-corrected chi connectivity index (χ2v) is 4.86. The van der Waals surface area contributed by atoms with E-state index in [1.54, 1.807) is 0 Å². The van der Waals surface area contributed by atoms with Crippen molar-refractivity contribution < 1.29 is 9.59 Å². The first-order valence-corrected chi connectivity index (χ1v) is 6.41. The summed E-state index contributed by atoms with van der Waals surface area (Å²) in [6, 6.07) is 0. The molecule has 1 aliphatic rings. The van der Waals surface area contributed by atoms with Gasteiger partial charge in [0.25, 0.3) is 0 Å². The molecule has 0 saturated carbocycles. The molecule has 1 N–H and O–H groups in total. The van der Waals surface area contributed by atoms with Crippen molar-refractivity contribution in [3.05, 3.63) is 5.01 Å². The maximum Gasteiger partial charge on any atom is 0.230 e. The number of carbonyl (C=O) groups excluding carboxylic acids is 2. The highest BCUT2D eigenvalue weighted by Gasteiger charge is 2.29. The Hall–Kier alpha value is -1.50. The summed E-state index contributed by atoms with van der Waals surface area (Å²) in [5.41, 5.74) is 0. The Bertz CT molecular complexity index is 416. The summed E-state index contributed by atoms with van der Waals surface area (Å²) in [6.07, 6.45) is 1.65. The Balaban J connectivity index is 1.96. The van der Waals surface area contributed by atoms with Crippen molar-refractivity contribution in [3.8, 4) is 0 Å². The van der Waals surface area contributed by atoms with E-state index in [9.17, 15) is 9.59 Å². The van der Waals surface area contributed by atoms with E-state index in [1.807, 2.05) is 0 Å². The third kappa shape index (κ3) is 2.79. The molecule has 0 radical (unpaired) electrons. The molecular formula is C10H14N4O2S. The fourth-order valence-corrected chi connectivity index (χ4v) is 2.31. The molecule has 92 valence electrons.